The van der Waals surface area contributed by atoms with Crippen molar-refractivity contribution < 1.29 is 46.8 Å². The highest BCUT2D eigenvalue weighted by Crippen LogP contribution is 2.65. The van der Waals surface area contributed by atoms with E-state index in [2.05, 4.69) is 6.58 Å². The molecule has 4 N–H and O–H groups in total. The van der Waals surface area contributed by atoms with E-state index in [4.69, 9.17) is 0 Å². The fraction of sp³-hybridized carbons (Fsp3) is 0.806. The van der Waals surface area contributed by atoms with Crippen LogP contribution < -0.4 is 0 Å². The summed E-state index contributed by atoms with van der Waals surface area (Å²) in [7, 11) is 0. The van der Waals surface area contributed by atoms with Gasteiger partial charge in [0.2, 0.25) is 0 Å². The molecule has 6 atom stereocenters. The van der Waals surface area contributed by atoms with Gasteiger partial charge in [0.15, 0.2) is 0 Å². The van der Waals surface area contributed by atoms with E-state index in [9.17, 15) is 46.8 Å². The van der Waals surface area contributed by atoms with Crippen LogP contribution in [0, 0.1) is 22.7 Å². The summed E-state index contributed by atoms with van der Waals surface area (Å²) in [6.07, 6.45) is -7.00. The average Bonchev–Trinajstić information content (AvgIpc) is 3.16. The second-order valence-corrected chi connectivity index (χ2v) is 14.0. The first kappa shape index (κ1) is 34.1. The van der Waals surface area contributed by atoms with Crippen LogP contribution >= 0.6 is 0 Å². The Bertz CT molecular complexity index is 1010. The number of aliphatic hydroxyl groups is 4. The highest BCUT2D eigenvalue weighted by molar-refractivity contribution is 5.38. The van der Waals surface area contributed by atoms with Gasteiger partial charge in [0, 0.05) is 6.42 Å². The van der Waals surface area contributed by atoms with Crippen molar-refractivity contribution in [2.75, 3.05) is 0 Å². The predicted molar refractivity (Wildman–Crippen MR) is 145 cm³/mol. The van der Waals surface area contributed by atoms with E-state index < -0.39 is 58.9 Å². The summed E-state index contributed by atoms with van der Waals surface area (Å²) < 4.78 is 83.5. The Kier molecular flexibility index (Phi) is 9.67. The first-order valence-electron chi connectivity index (χ1n) is 14.6. The Morgan fingerprint density at radius 2 is 1.56 bits per heavy atom. The second kappa shape index (κ2) is 11.6. The van der Waals surface area contributed by atoms with Gasteiger partial charge in [0.25, 0.3) is 5.60 Å². The lowest BCUT2D eigenvalue weighted by molar-refractivity contribution is -0.378. The Labute approximate surface area is 239 Å². The van der Waals surface area contributed by atoms with Crippen molar-refractivity contribution in [2.24, 2.45) is 22.7 Å². The zero-order chi connectivity index (χ0) is 31.2. The quantitative estimate of drug-likeness (QED) is 0.221. The van der Waals surface area contributed by atoms with E-state index in [0.717, 1.165) is 17.6 Å². The van der Waals surface area contributed by atoms with Gasteiger partial charge in [0.05, 0.1) is 17.8 Å². The molecular weight excluding hydrogens is 550 g/mol. The number of halogens is 6. The van der Waals surface area contributed by atoms with Crippen LogP contribution in [0.4, 0.5) is 26.3 Å². The van der Waals surface area contributed by atoms with Crippen LogP contribution in [0.2, 0.25) is 0 Å². The molecular formula is C31H46F6O4. The van der Waals surface area contributed by atoms with Gasteiger partial charge in [-0.25, -0.2) is 0 Å². The van der Waals surface area contributed by atoms with Crippen molar-refractivity contribution >= 4 is 0 Å². The number of hydrogen-bond donors (Lipinski definition) is 4. The average molecular weight is 597 g/mol. The lowest BCUT2D eigenvalue weighted by atomic mass is 9.54. The van der Waals surface area contributed by atoms with Gasteiger partial charge < -0.3 is 20.4 Å². The molecule has 0 aromatic rings. The number of fused-ring (bicyclic) bond motifs is 1. The molecule has 0 spiro atoms. The largest absolute Gasteiger partial charge is 0.426 e. The third-order valence-corrected chi connectivity index (χ3v) is 10.2. The molecule has 3 saturated carbocycles. The Morgan fingerprint density at radius 3 is 2.12 bits per heavy atom. The van der Waals surface area contributed by atoms with Crippen molar-refractivity contribution in [1.29, 1.82) is 0 Å². The zero-order valence-corrected chi connectivity index (χ0v) is 24.5. The third kappa shape index (κ3) is 7.07. The van der Waals surface area contributed by atoms with Gasteiger partial charge in [-0.1, -0.05) is 44.6 Å². The molecule has 0 aromatic carbocycles. The maximum atomic E-state index is 13.9. The predicted octanol–water partition coefficient (Wildman–Crippen LogP) is 7.32. The Morgan fingerprint density at radius 1 is 0.951 bits per heavy atom. The Hall–Kier alpha value is -1.36. The van der Waals surface area contributed by atoms with E-state index in [1.165, 1.54) is 6.92 Å². The van der Waals surface area contributed by atoms with Gasteiger partial charge in [-0.15, -0.1) is 0 Å². The third-order valence-electron chi connectivity index (χ3n) is 10.2. The molecule has 3 aliphatic rings. The smallest absolute Gasteiger partial charge is 0.393 e. The molecule has 0 radical (unpaired) electrons. The van der Waals surface area contributed by atoms with Gasteiger partial charge in [-0.3, -0.25) is 0 Å². The van der Waals surface area contributed by atoms with E-state index in [1.54, 1.807) is 13.8 Å². The SMILES string of the molecule is C=C1/C(=C\C=C2/CCC[C@@]3(C)C2CC[C@@H]3[C@](C)(CCCC(C)(C)O)CC(O)(C(F)(F)F)C(F)(F)F)C[C@@H](O)C[C@@H]1O. The topological polar surface area (TPSA) is 80.9 Å². The standard InChI is InChI=1S/C31H46F6O4/c1-19-21(16-22(38)17-24(19)39)10-9-20-8-6-15-28(5)23(20)11-12-25(28)27(4,14-7-13-26(2,3)40)18-29(41,30(32,33)34)31(35,36)37/h9-10,22-25,38-41H,1,6-8,11-18H2,2-5H3/b20-9+,21-10-/t22-,23?,24+,25-,27-,28+/m1/s1. The van der Waals surface area contributed by atoms with Gasteiger partial charge >= 0.3 is 12.4 Å². The minimum Gasteiger partial charge on any atom is -0.393 e. The molecule has 3 aliphatic carbocycles. The summed E-state index contributed by atoms with van der Waals surface area (Å²) in [6, 6.07) is 0. The van der Waals surface area contributed by atoms with Crippen LogP contribution in [0.1, 0.15) is 98.3 Å². The summed E-state index contributed by atoms with van der Waals surface area (Å²) in [4.78, 5) is 0. The maximum Gasteiger partial charge on any atom is 0.426 e. The summed E-state index contributed by atoms with van der Waals surface area (Å²) >= 11 is 0. The first-order valence-corrected chi connectivity index (χ1v) is 14.6. The molecule has 3 rings (SSSR count). The molecule has 0 amide bonds. The molecule has 0 aromatic heterocycles. The molecule has 0 bridgehead atoms. The summed E-state index contributed by atoms with van der Waals surface area (Å²) in [5.41, 5.74) is -5.77. The molecule has 3 fully saturated rings. The molecule has 10 heteroatoms. The van der Waals surface area contributed by atoms with Crippen molar-refractivity contribution in [3.63, 3.8) is 0 Å². The fourth-order valence-electron chi connectivity index (χ4n) is 8.11. The maximum absolute atomic E-state index is 13.9. The number of hydrogen-bond acceptors (Lipinski definition) is 4. The number of rotatable bonds is 8. The van der Waals surface area contributed by atoms with Crippen molar-refractivity contribution in [1.82, 2.24) is 0 Å². The second-order valence-electron chi connectivity index (χ2n) is 14.0. The van der Waals surface area contributed by atoms with Crippen LogP contribution in [0.3, 0.4) is 0 Å². The number of allylic oxidation sites excluding steroid dienone is 3. The minimum absolute atomic E-state index is 0.00284. The van der Waals surface area contributed by atoms with Crippen LogP contribution in [-0.4, -0.2) is 56.2 Å². The normalized spacial score (nSPS) is 33.8. The summed E-state index contributed by atoms with van der Waals surface area (Å²) in [6.45, 7) is 10.4. The molecule has 41 heavy (non-hydrogen) atoms. The molecule has 236 valence electrons. The van der Waals surface area contributed by atoms with Crippen molar-refractivity contribution in [3.05, 3.63) is 35.5 Å². The summed E-state index contributed by atoms with van der Waals surface area (Å²) in [5, 5.41) is 40.8. The van der Waals surface area contributed by atoms with Crippen LogP contribution in [0.5, 0.6) is 0 Å². The van der Waals surface area contributed by atoms with E-state index >= 15 is 0 Å². The van der Waals surface area contributed by atoms with Crippen molar-refractivity contribution in [2.45, 2.75) is 134 Å². The van der Waals surface area contributed by atoms with E-state index in [1.807, 2.05) is 19.1 Å². The lowest BCUT2D eigenvalue weighted by Crippen LogP contribution is -2.60. The highest BCUT2D eigenvalue weighted by atomic mass is 19.4. The monoisotopic (exact) mass is 596 g/mol. The lowest BCUT2D eigenvalue weighted by Gasteiger charge is -2.51. The van der Waals surface area contributed by atoms with Crippen molar-refractivity contribution in [3.8, 4) is 0 Å². The number of aliphatic hydroxyl groups excluding tert-OH is 2. The highest BCUT2D eigenvalue weighted by Gasteiger charge is 2.72. The summed E-state index contributed by atoms with van der Waals surface area (Å²) in [5.74, 6) is -0.592. The first-order chi connectivity index (χ1) is 18.5. The molecule has 0 aliphatic heterocycles. The minimum atomic E-state index is -5.90. The molecule has 4 nitrogen and oxygen atoms in total. The molecule has 0 saturated heterocycles. The van der Waals surface area contributed by atoms with E-state index in [0.29, 0.717) is 37.7 Å². The van der Waals surface area contributed by atoms with Gasteiger partial charge in [-0.2, -0.15) is 26.3 Å². The molecule has 1 unspecified atom stereocenters. The van der Waals surface area contributed by atoms with Crippen LogP contribution in [0.15, 0.2) is 35.5 Å². The van der Waals surface area contributed by atoms with Crippen LogP contribution in [0.25, 0.3) is 0 Å². The van der Waals surface area contributed by atoms with Crippen LogP contribution in [-0.2, 0) is 0 Å². The number of alkyl halides is 6. The molecule has 0 heterocycles. The van der Waals surface area contributed by atoms with Gasteiger partial charge in [0.1, 0.15) is 0 Å². The zero-order valence-electron chi connectivity index (χ0n) is 24.5. The fourth-order valence-corrected chi connectivity index (χ4v) is 8.11. The Balaban J connectivity index is 1.99. The van der Waals surface area contributed by atoms with E-state index in [-0.39, 0.29) is 31.6 Å². The van der Waals surface area contributed by atoms with Gasteiger partial charge in [-0.05, 0) is 105 Å².